The zero-order valence-electron chi connectivity index (χ0n) is 12.2. The molecule has 0 fully saturated rings. The van der Waals surface area contributed by atoms with E-state index in [4.69, 9.17) is 0 Å². The topological polar surface area (TPSA) is 0 Å². The normalized spacial score (nSPS) is 14.1. The van der Waals surface area contributed by atoms with Gasteiger partial charge in [-0.25, -0.2) is 0 Å². The smallest absolute Gasteiger partial charge is 0.0656 e. The second-order valence-electron chi connectivity index (χ2n) is 6.73. The fourth-order valence-corrected chi connectivity index (χ4v) is 4.97. The summed E-state index contributed by atoms with van der Waals surface area (Å²) in [5.74, 6) is 0. The Morgan fingerprint density at radius 1 is 0.800 bits per heavy atom. The molecule has 98 valence electrons. The van der Waals surface area contributed by atoms with Gasteiger partial charge < -0.3 is 0 Å². The standard InChI is InChI=1S/C19H18Si/c1-20(2,3)17-12-15-9-6-8-14-11-13-7-4-5-10-16(13)19(17)18(14)15/h4-12H,1-3H3. The summed E-state index contributed by atoms with van der Waals surface area (Å²) in [7, 11) is -1.35. The van der Waals surface area contributed by atoms with Crippen LogP contribution in [-0.2, 0) is 0 Å². The maximum Gasteiger partial charge on any atom is 0.0784 e. The summed E-state index contributed by atoms with van der Waals surface area (Å²) < 4.78 is 0. The number of hydrogen-bond acceptors (Lipinski definition) is 0. The molecule has 20 heavy (non-hydrogen) atoms. The molecule has 0 saturated heterocycles. The lowest BCUT2D eigenvalue weighted by Crippen LogP contribution is -2.21. The van der Waals surface area contributed by atoms with Crippen molar-refractivity contribution in [3.63, 3.8) is 0 Å². The summed E-state index contributed by atoms with van der Waals surface area (Å²) >= 11 is 0. The number of hydrogen-bond donors (Lipinski definition) is 0. The van der Waals surface area contributed by atoms with Crippen LogP contribution in [0.15, 0.2) is 48.5 Å². The van der Waals surface area contributed by atoms with E-state index in [1.165, 1.54) is 32.7 Å². The first-order valence-corrected chi connectivity index (χ1v) is 10.7. The lowest BCUT2D eigenvalue weighted by atomic mass is 9.97. The lowest BCUT2D eigenvalue weighted by Gasteiger charge is -2.21. The second kappa shape index (κ2) is 3.83. The molecule has 4 rings (SSSR count). The Hall–Kier alpha value is -1.86. The van der Waals surface area contributed by atoms with Gasteiger partial charge in [-0.1, -0.05) is 73.4 Å². The van der Waals surface area contributed by atoms with Crippen molar-refractivity contribution in [1.29, 1.82) is 0 Å². The van der Waals surface area contributed by atoms with E-state index in [1.54, 1.807) is 5.20 Å². The Morgan fingerprint density at radius 3 is 2.35 bits per heavy atom. The first-order chi connectivity index (χ1) is 9.55. The van der Waals surface area contributed by atoms with Crippen LogP contribution < -0.4 is 0 Å². The minimum Gasteiger partial charge on any atom is -0.0656 e. The van der Waals surface area contributed by atoms with Gasteiger partial charge in [-0.3, -0.25) is 0 Å². The summed E-state index contributed by atoms with van der Waals surface area (Å²) in [6, 6.07) is 17.8. The van der Waals surface area contributed by atoms with E-state index in [0.717, 1.165) is 0 Å². The predicted molar refractivity (Wildman–Crippen MR) is 92.7 cm³/mol. The first kappa shape index (κ1) is 11.9. The minimum absolute atomic E-state index is 1.35. The second-order valence-corrected chi connectivity index (χ2v) is 11.8. The number of fused-ring (bicyclic) bond motifs is 2. The fourth-order valence-electron chi connectivity index (χ4n) is 3.37. The average molecular weight is 274 g/mol. The van der Waals surface area contributed by atoms with E-state index in [9.17, 15) is 0 Å². The first-order valence-electron chi connectivity index (χ1n) is 7.23. The third-order valence-corrected chi connectivity index (χ3v) is 6.31. The third kappa shape index (κ3) is 1.53. The molecule has 0 radical (unpaired) electrons. The van der Waals surface area contributed by atoms with Crippen LogP contribution >= 0.6 is 0 Å². The SMILES string of the molecule is C[Si](C)(C)C1=Cc2cccc3cc4ccccc4c1c23. The molecule has 3 aromatic rings. The van der Waals surface area contributed by atoms with Crippen molar-refractivity contribution < 1.29 is 0 Å². The van der Waals surface area contributed by atoms with Gasteiger partial charge in [-0.2, -0.15) is 0 Å². The monoisotopic (exact) mass is 274 g/mol. The van der Waals surface area contributed by atoms with Gasteiger partial charge in [0.15, 0.2) is 0 Å². The van der Waals surface area contributed by atoms with E-state index < -0.39 is 8.07 Å². The van der Waals surface area contributed by atoms with Crippen LogP contribution in [0.4, 0.5) is 0 Å². The Labute approximate surface area is 120 Å². The molecule has 3 aromatic carbocycles. The Bertz CT molecular complexity index is 879. The molecule has 0 amide bonds. The molecule has 0 N–H and O–H groups in total. The molecule has 1 heteroatoms. The van der Waals surface area contributed by atoms with Gasteiger partial charge in [0, 0.05) is 0 Å². The van der Waals surface area contributed by atoms with Gasteiger partial charge in [-0.05, 0) is 38.7 Å². The van der Waals surface area contributed by atoms with Crippen molar-refractivity contribution in [1.82, 2.24) is 0 Å². The van der Waals surface area contributed by atoms with Gasteiger partial charge in [-0.15, -0.1) is 0 Å². The van der Waals surface area contributed by atoms with Crippen molar-refractivity contribution in [3.05, 3.63) is 59.7 Å². The Kier molecular flexibility index (Phi) is 2.28. The predicted octanol–water partition coefficient (Wildman–Crippen LogP) is 5.72. The van der Waals surface area contributed by atoms with Crippen molar-refractivity contribution in [2.45, 2.75) is 19.6 Å². The maximum absolute atomic E-state index is 2.44. The molecule has 0 heterocycles. The van der Waals surface area contributed by atoms with E-state index in [-0.39, 0.29) is 0 Å². The Balaban J connectivity index is 2.25. The van der Waals surface area contributed by atoms with E-state index in [0.29, 0.717) is 0 Å². The fraction of sp³-hybridized carbons (Fsp3) is 0.158. The molecule has 1 aliphatic carbocycles. The van der Waals surface area contributed by atoms with Crippen molar-refractivity contribution in [2.75, 3.05) is 0 Å². The summed E-state index contributed by atoms with van der Waals surface area (Å²) in [6.45, 7) is 7.33. The summed E-state index contributed by atoms with van der Waals surface area (Å²) in [6.07, 6.45) is 2.44. The largest absolute Gasteiger partial charge is 0.0784 e. The highest BCUT2D eigenvalue weighted by Crippen LogP contribution is 2.44. The van der Waals surface area contributed by atoms with E-state index in [1.807, 2.05) is 0 Å². The Morgan fingerprint density at radius 2 is 1.55 bits per heavy atom. The molecular formula is C19H18Si. The summed E-state index contributed by atoms with van der Waals surface area (Å²) in [5, 5.41) is 7.21. The highest BCUT2D eigenvalue weighted by molar-refractivity contribution is 6.95. The summed E-state index contributed by atoms with van der Waals surface area (Å²) in [4.78, 5) is 0. The molecule has 0 bridgehead atoms. The average Bonchev–Trinajstić information content (AvgIpc) is 2.81. The highest BCUT2D eigenvalue weighted by atomic mass is 28.3. The zero-order valence-corrected chi connectivity index (χ0v) is 13.2. The highest BCUT2D eigenvalue weighted by Gasteiger charge is 2.28. The molecule has 0 atom stereocenters. The van der Waals surface area contributed by atoms with Crippen LogP contribution in [0.25, 0.3) is 32.8 Å². The van der Waals surface area contributed by atoms with Crippen molar-refractivity contribution in [2.24, 2.45) is 0 Å². The van der Waals surface area contributed by atoms with Crippen LogP contribution in [0.1, 0.15) is 11.1 Å². The van der Waals surface area contributed by atoms with E-state index >= 15 is 0 Å². The zero-order chi connectivity index (χ0) is 13.9. The quantitative estimate of drug-likeness (QED) is 0.393. The van der Waals surface area contributed by atoms with Gasteiger partial charge >= 0.3 is 0 Å². The molecule has 0 nitrogen and oxygen atoms in total. The van der Waals surface area contributed by atoms with Crippen LogP contribution in [0.2, 0.25) is 19.6 Å². The van der Waals surface area contributed by atoms with Gasteiger partial charge in [0.25, 0.3) is 0 Å². The van der Waals surface area contributed by atoms with Gasteiger partial charge in [0.1, 0.15) is 0 Å². The van der Waals surface area contributed by atoms with Gasteiger partial charge in [0.2, 0.25) is 0 Å². The van der Waals surface area contributed by atoms with E-state index in [2.05, 4.69) is 74.2 Å². The number of benzene rings is 3. The van der Waals surface area contributed by atoms with Crippen molar-refractivity contribution >= 4 is 40.9 Å². The molecule has 0 saturated carbocycles. The molecule has 0 aromatic heterocycles. The maximum atomic E-state index is 2.44. The minimum atomic E-state index is -1.35. The summed E-state index contributed by atoms with van der Waals surface area (Å²) in [5.41, 5.74) is 2.91. The van der Waals surface area contributed by atoms with Crippen LogP contribution in [0, 0.1) is 0 Å². The molecular weight excluding hydrogens is 256 g/mol. The molecule has 1 aliphatic rings. The molecule has 0 aliphatic heterocycles. The van der Waals surface area contributed by atoms with Crippen LogP contribution in [0.3, 0.4) is 0 Å². The van der Waals surface area contributed by atoms with Crippen LogP contribution in [0.5, 0.6) is 0 Å². The van der Waals surface area contributed by atoms with Gasteiger partial charge in [0.05, 0.1) is 8.07 Å². The van der Waals surface area contributed by atoms with Crippen molar-refractivity contribution in [3.8, 4) is 0 Å². The third-order valence-electron chi connectivity index (χ3n) is 4.30. The molecule has 0 spiro atoms. The van der Waals surface area contributed by atoms with Crippen LogP contribution in [-0.4, -0.2) is 8.07 Å². The molecule has 0 unspecified atom stereocenters. The number of rotatable bonds is 1. The lowest BCUT2D eigenvalue weighted by molar-refractivity contribution is 1.72.